The molecule has 2 aromatic heterocycles. The number of aromatic amines is 1. The second kappa shape index (κ2) is 7.43. The molecule has 0 fully saturated rings. The number of nitrogens with one attached hydrogen (secondary N) is 2. The van der Waals surface area contributed by atoms with E-state index < -0.39 is 0 Å². The second-order valence-corrected chi connectivity index (χ2v) is 6.43. The Hall–Kier alpha value is -3.81. The molecule has 3 heterocycles. The van der Waals surface area contributed by atoms with Gasteiger partial charge in [0.25, 0.3) is 17.4 Å². The van der Waals surface area contributed by atoms with Gasteiger partial charge in [0, 0.05) is 31.2 Å². The SMILES string of the molecule is O=C(Nc1ccc2c(c1)CN(C(=O)c1c[nH]c(=O)cn1)CC2)c1ccccn1. The van der Waals surface area contributed by atoms with Gasteiger partial charge in [-0.2, -0.15) is 0 Å². The zero-order chi connectivity index (χ0) is 19.5. The number of rotatable bonds is 3. The molecule has 1 aromatic carbocycles. The van der Waals surface area contributed by atoms with Crippen molar-refractivity contribution in [3.63, 3.8) is 0 Å². The van der Waals surface area contributed by atoms with Gasteiger partial charge >= 0.3 is 0 Å². The Morgan fingerprint density at radius 2 is 1.96 bits per heavy atom. The maximum absolute atomic E-state index is 12.6. The zero-order valence-corrected chi connectivity index (χ0v) is 14.9. The van der Waals surface area contributed by atoms with Crippen molar-refractivity contribution >= 4 is 17.5 Å². The minimum Gasteiger partial charge on any atom is -0.333 e. The van der Waals surface area contributed by atoms with Gasteiger partial charge in [-0.3, -0.25) is 19.4 Å². The molecule has 8 heteroatoms. The number of anilines is 1. The van der Waals surface area contributed by atoms with Crippen LogP contribution in [0, 0.1) is 0 Å². The first kappa shape index (κ1) is 17.6. The van der Waals surface area contributed by atoms with Crippen molar-refractivity contribution in [1.82, 2.24) is 19.9 Å². The van der Waals surface area contributed by atoms with Crippen LogP contribution in [0.2, 0.25) is 0 Å². The molecule has 1 aliphatic heterocycles. The minimum absolute atomic E-state index is 0.197. The minimum atomic E-state index is -0.353. The van der Waals surface area contributed by atoms with Gasteiger partial charge in [-0.05, 0) is 41.8 Å². The van der Waals surface area contributed by atoms with Crippen LogP contribution in [0.1, 0.15) is 32.1 Å². The van der Waals surface area contributed by atoms with E-state index in [-0.39, 0.29) is 23.1 Å². The monoisotopic (exact) mass is 375 g/mol. The number of H-pyrrole nitrogens is 1. The fourth-order valence-electron chi connectivity index (χ4n) is 3.12. The lowest BCUT2D eigenvalue weighted by Crippen LogP contribution is -2.36. The molecule has 0 bridgehead atoms. The quantitative estimate of drug-likeness (QED) is 0.723. The van der Waals surface area contributed by atoms with Crippen molar-refractivity contribution in [2.75, 3.05) is 11.9 Å². The number of pyridine rings is 1. The number of nitrogens with zero attached hydrogens (tertiary/aromatic N) is 3. The highest BCUT2D eigenvalue weighted by atomic mass is 16.2. The van der Waals surface area contributed by atoms with Crippen LogP contribution in [0.25, 0.3) is 0 Å². The van der Waals surface area contributed by atoms with E-state index in [1.54, 1.807) is 29.3 Å². The van der Waals surface area contributed by atoms with Crippen LogP contribution in [0.4, 0.5) is 5.69 Å². The lowest BCUT2D eigenvalue weighted by molar-refractivity contribution is 0.0728. The summed E-state index contributed by atoms with van der Waals surface area (Å²) in [5.41, 5.74) is 2.92. The summed E-state index contributed by atoms with van der Waals surface area (Å²) in [6, 6.07) is 10.8. The summed E-state index contributed by atoms with van der Waals surface area (Å²) in [5, 5.41) is 2.83. The summed E-state index contributed by atoms with van der Waals surface area (Å²) < 4.78 is 0. The molecule has 0 aliphatic carbocycles. The molecule has 2 N–H and O–H groups in total. The third-order valence-electron chi connectivity index (χ3n) is 4.55. The van der Waals surface area contributed by atoms with Gasteiger partial charge in [-0.15, -0.1) is 0 Å². The highest BCUT2D eigenvalue weighted by Crippen LogP contribution is 2.24. The molecule has 2 amide bonds. The van der Waals surface area contributed by atoms with E-state index in [2.05, 4.69) is 20.3 Å². The molecule has 8 nitrogen and oxygen atoms in total. The number of benzene rings is 1. The predicted molar refractivity (Wildman–Crippen MR) is 102 cm³/mol. The maximum Gasteiger partial charge on any atom is 0.274 e. The Morgan fingerprint density at radius 1 is 1.07 bits per heavy atom. The Labute approximate surface area is 160 Å². The number of hydrogen-bond acceptors (Lipinski definition) is 5. The number of aromatic nitrogens is 3. The van der Waals surface area contributed by atoms with Crippen LogP contribution in [0.15, 0.2) is 59.8 Å². The molecule has 0 saturated heterocycles. The predicted octanol–water partition coefficient (Wildman–Crippen LogP) is 1.62. The summed E-state index contributed by atoms with van der Waals surface area (Å²) in [4.78, 5) is 48.1. The van der Waals surface area contributed by atoms with Crippen LogP contribution in [-0.2, 0) is 13.0 Å². The van der Waals surface area contributed by atoms with Crippen molar-refractivity contribution in [2.24, 2.45) is 0 Å². The van der Waals surface area contributed by atoms with E-state index in [1.165, 1.54) is 6.20 Å². The first-order valence-corrected chi connectivity index (χ1v) is 8.78. The van der Waals surface area contributed by atoms with Gasteiger partial charge in [0.15, 0.2) is 0 Å². The molecule has 3 aromatic rings. The van der Waals surface area contributed by atoms with Crippen molar-refractivity contribution in [1.29, 1.82) is 0 Å². The van der Waals surface area contributed by atoms with Crippen molar-refractivity contribution < 1.29 is 9.59 Å². The number of amides is 2. The average Bonchev–Trinajstić information content (AvgIpc) is 2.74. The van der Waals surface area contributed by atoms with Crippen molar-refractivity contribution in [3.05, 3.63) is 87.9 Å². The van der Waals surface area contributed by atoms with Crippen LogP contribution < -0.4 is 10.9 Å². The third kappa shape index (κ3) is 3.66. The Kier molecular flexibility index (Phi) is 4.67. The maximum atomic E-state index is 12.6. The molecule has 4 rings (SSSR count). The van der Waals surface area contributed by atoms with Crippen LogP contribution >= 0.6 is 0 Å². The topological polar surface area (TPSA) is 108 Å². The molecular weight excluding hydrogens is 358 g/mol. The molecule has 0 saturated carbocycles. The third-order valence-corrected chi connectivity index (χ3v) is 4.55. The largest absolute Gasteiger partial charge is 0.333 e. The zero-order valence-electron chi connectivity index (χ0n) is 14.9. The summed E-state index contributed by atoms with van der Waals surface area (Å²) in [6.07, 6.45) is 4.69. The summed E-state index contributed by atoms with van der Waals surface area (Å²) >= 11 is 0. The van der Waals surface area contributed by atoms with E-state index >= 15 is 0 Å². The Bertz CT molecular complexity index is 1070. The van der Waals surface area contributed by atoms with E-state index in [0.717, 1.165) is 17.3 Å². The molecule has 28 heavy (non-hydrogen) atoms. The fourth-order valence-corrected chi connectivity index (χ4v) is 3.12. The van der Waals surface area contributed by atoms with Crippen LogP contribution in [0.5, 0.6) is 0 Å². The first-order chi connectivity index (χ1) is 13.6. The molecule has 1 aliphatic rings. The molecule has 0 atom stereocenters. The lowest BCUT2D eigenvalue weighted by Gasteiger charge is -2.29. The summed E-state index contributed by atoms with van der Waals surface area (Å²) in [5.74, 6) is -0.536. The van der Waals surface area contributed by atoms with Crippen LogP contribution in [0.3, 0.4) is 0 Å². The molecule has 0 unspecified atom stereocenters. The van der Waals surface area contributed by atoms with Gasteiger partial charge in [0.05, 0.1) is 6.20 Å². The summed E-state index contributed by atoms with van der Waals surface area (Å²) in [6.45, 7) is 0.967. The highest BCUT2D eigenvalue weighted by molar-refractivity contribution is 6.02. The van der Waals surface area contributed by atoms with Gasteiger partial charge < -0.3 is 15.2 Å². The highest BCUT2D eigenvalue weighted by Gasteiger charge is 2.23. The molecular formula is C20H17N5O3. The van der Waals surface area contributed by atoms with Gasteiger partial charge in [0.2, 0.25) is 0 Å². The smallest absolute Gasteiger partial charge is 0.274 e. The van der Waals surface area contributed by atoms with E-state index in [1.807, 2.05) is 18.2 Å². The van der Waals surface area contributed by atoms with Crippen LogP contribution in [-0.4, -0.2) is 38.2 Å². The van der Waals surface area contributed by atoms with Gasteiger partial charge in [-0.1, -0.05) is 12.1 Å². The fraction of sp³-hybridized carbons (Fsp3) is 0.150. The van der Waals surface area contributed by atoms with E-state index in [0.29, 0.717) is 30.9 Å². The number of carbonyl (C=O) groups excluding carboxylic acids is 2. The summed E-state index contributed by atoms with van der Waals surface area (Å²) in [7, 11) is 0. The lowest BCUT2D eigenvalue weighted by atomic mass is 9.98. The molecule has 140 valence electrons. The van der Waals surface area contributed by atoms with E-state index in [4.69, 9.17) is 0 Å². The van der Waals surface area contributed by atoms with E-state index in [9.17, 15) is 14.4 Å². The van der Waals surface area contributed by atoms with Crippen molar-refractivity contribution in [2.45, 2.75) is 13.0 Å². The Morgan fingerprint density at radius 3 is 2.71 bits per heavy atom. The second-order valence-electron chi connectivity index (χ2n) is 6.43. The Balaban J connectivity index is 1.51. The standard InChI is InChI=1S/C20H17N5O3/c26-18-11-22-17(10-23-18)20(28)25-8-6-13-4-5-15(9-14(13)12-25)24-19(27)16-3-1-2-7-21-16/h1-5,7,9-11H,6,8,12H2,(H,23,26)(H,24,27). The molecule has 0 radical (unpaired) electrons. The number of fused-ring (bicyclic) bond motifs is 1. The van der Waals surface area contributed by atoms with Crippen molar-refractivity contribution in [3.8, 4) is 0 Å². The van der Waals surface area contributed by atoms with Gasteiger partial charge in [0.1, 0.15) is 11.4 Å². The van der Waals surface area contributed by atoms with Gasteiger partial charge in [-0.25, -0.2) is 4.98 Å². The molecule has 0 spiro atoms. The average molecular weight is 375 g/mol. The number of hydrogen-bond donors (Lipinski definition) is 2. The first-order valence-electron chi connectivity index (χ1n) is 8.78. The number of carbonyl (C=O) groups is 2. The normalized spacial score (nSPS) is 12.9.